The van der Waals surface area contributed by atoms with Gasteiger partial charge in [-0.15, -0.1) is 0 Å². The first-order valence-corrected chi connectivity index (χ1v) is 5.49. The van der Waals surface area contributed by atoms with Crippen LogP contribution in [0.3, 0.4) is 0 Å². The van der Waals surface area contributed by atoms with Gasteiger partial charge < -0.3 is 14.8 Å². The second-order valence-corrected chi connectivity index (χ2v) is 3.78. The fourth-order valence-electron chi connectivity index (χ4n) is 1.26. The minimum Gasteiger partial charge on any atom is -0.451 e. The average Bonchev–Trinajstić information content (AvgIpc) is 2.39. The molecule has 1 rings (SSSR count). The van der Waals surface area contributed by atoms with Crippen LogP contribution in [0.1, 0.15) is 6.92 Å². The van der Waals surface area contributed by atoms with Gasteiger partial charge in [-0.3, -0.25) is 4.79 Å². The molecule has 0 radical (unpaired) electrons. The predicted octanol–water partition coefficient (Wildman–Crippen LogP) is 1.62. The van der Waals surface area contributed by atoms with E-state index in [-0.39, 0.29) is 6.61 Å². The number of methoxy groups -OCH3 is 1. The van der Waals surface area contributed by atoms with Gasteiger partial charge in [-0.1, -0.05) is 0 Å². The Kier molecular flexibility index (Phi) is 5.51. The normalized spacial score (nSPS) is 11.8. The number of hydrogen-bond acceptors (Lipinski definition) is 4. The van der Waals surface area contributed by atoms with E-state index in [0.29, 0.717) is 6.07 Å². The van der Waals surface area contributed by atoms with Crippen molar-refractivity contribution in [3.8, 4) is 0 Å². The summed E-state index contributed by atoms with van der Waals surface area (Å²) < 4.78 is 48.1. The molecular weight excluding hydrogens is 279 g/mol. The molecule has 1 aromatic carbocycles. The van der Waals surface area contributed by atoms with E-state index >= 15 is 0 Å². The molecule has 0 aliphatic rings. The molecule has 1 aromatic rings. The van der Waals surface area contributed by atoms with Crippen LogP contribution in [0.25, 0.3) is 0 Å². The van der Waals surface area contributed by atoms with E-state index in [1.165, 1.54) is 14.0 Å². The second-order valence-electron chi connectivity index (χ2n) is 3.78. The van der Waals surface area contributed by atoms with Crippen molar-refractivity contribution in [2.45, 2.75) is 13.0 Å². The molecule has 0 saturated carbocycles. The molecule has 0 fully saturated rings. The van der Waals surface area contributed by atoms with Crippen molar-refractivity contribution < 1.29 is 32.2 Å². The summed E-state index contributed by atoms with van der Waals surface area (Å²) in [5.41, 5.74) is -0.552. The van der Waals surface area contributed by atoms with Gasteiger partial charge in [0, 0.05) is 7.11 Å². The van der Waals surface area contributed by atoms with Crippen molar-refractivity contribution in [1.82, 2.24) is 0 Å². The van der Waals surface area contributed by atoms with Gasteiger partial charge in [0.15, 0.2) is 23.6 Å². The monoisotopic (exact) mass is 291 g/mol. The number of rotatable bonds is 5. The minimum atomic E-state index is -1.70. The number of carbonyl (C=O) groups excluding carboxylic acids is 2. The third-order valence-electron chi connectivity index (χ3n) is 2.23. The van der Waals surface area contributed by atoms with Crippen molar-refractivity contribution in [1.29, 1.82) is 0 Å². The largest absolute Gasteiger partial charge is 0.451 e. The molecule has 0 bridgehead atoms. The van der Waals surface area contributed by atoms with Gasteiger partial charge in [0.05, 0.1) is 5.69 Å². The number of anilines is 1. The lowest BCUT2D eigenvalue weighted by Gasteiger charge is -2.13. The fourth-order valence-corrected chi connectivity index (χ4v) is 1.26. The summed E-state index contributed by atoms with van der Waals surface area (Å²) in [6.45, 7) is 0.887. The first kappa shape index (κ1) is 16.0. The molecule has 0 saturated heterocycles. The molecule has 20 heavy (non-hydrogen) atoms. The van der Waals surface area contributed by atoms with Crippen LogP contribution in [-0.4, -0.2) is 31.7 Å². The lowest BCUT2D eigenvalue weighted by Crippen LogP contribution is -2.31. The van der Waals surface area contributed by atoms with Crippen LogP contribution in [0.4, 0.5) is 18.9 Å². The Morgan fingerprint density at radius 2 is 1.90 bits per heavy atom. The van der Waals surface area contributed by atoms with Crippen LogP contribution in [0.15, 0.2) is 12.1 Å². The summed E-state index contributed by atoms with van der Waals surface area (Å²) in [7, 11) is 1.27. The lowest BCUT2D eigenvalue weighted by atomic mass is 10.2. The highest BCUT2D eigenvalue weighted by Crippen LogP contribution is 2.19. The smallest absolute Gasteiger partial charge is 0.332 e. The number of esters is 1. The second kappa shape index (κ2) is 6.90. The van der Waals surface area contributed by atoms with Crippen molar-refractivity contribution in [2.24, 2.45) is 0 Å². The Morgan fingerprint density at radius 3 is 2.50 bits per heavy atom. The van der Waals surface area contributed by atoms with Crippen molar-refractivity contribution in [2.75, 3.05) is 19.0 Å². The Bertz CT molecular complexity index is 522. The fraction of sp³-hybridized carbons (Fsp3) is 0.333. The predicted molar refractivity (Wildman–Crippen MR) is 62.4 cm³/mol. The molecule has 0 heterocycles. The summed E-state index contributed by atoms with van der Waals surface area (Å²) in [5, 5.41) is 1.99. The Hall–Kier alpha value is -2.09. The molecule has 0 aromatic heterocycles. The molecule has 110 valence electrons. The molecule has 1 N–H and O–H groups in total. The van der Waals surface area contributed by atoms with Crippen LogP contribution >= 0.6 is 0 Å². The molecule has 1 amide bonds. The zero-order valence-corrected chi connectivity index (χ0v) is 10.7. The molecule has 0 aliphatic heterocycles. The van der Waals surface area contributed by atoms with E-state index in [2.05, 4.69) is 9.47 Å². The highest BCUT2D eigenvalue weighted by molar-refractivity contribution is 5.95. The molecule has 0 unspecified atom stereocenters. The van der Waals surface area contributed by atoms with Crippen molar-refractivity contribution >= 4 is 17.6 Å². The topological polar surface area (TPSA) is 64.6 Å². The van der Waals surface area contributed by atoms with E-state index < -0.39 is 41.1 Å². The quantitative estimate of drug-likeness (QED) is 0.661. The highest BCUT2D eigenvalue weighted by Gasteiger charge is 2.21. The lowest BCUT2D eigenvalue weighted by molar-refractivity contribution is -0.156. The number of hydrogen-bond donors (Lipinski definition) is 1. The maximum Gasteiger partial charge on any atom is 0.332 e. The zero-order valence-electron chi connectivity index (χ0n) is 10.7. The molecular formula is C12H12F3NO4. The molecule has 8 heteroatoms. The molecule has 5 nitrogen and oxygen atoms in total. The maximum absolute atomic E-state index is 13.3. The van der Waals surface area contributed by atoms with Gasteiger partial charge in [-0.05, 0) is 19.1 Å². The maximum atomic E-state index is 13.3. The van der Waals surface area contributed by atoms with Crippen LogP contribution in [0, 0.1) is 17.5 Å². The number of benzene rings is 1. The van der Waals surface area contributed by atoms with Gasteiger partial charge in [0.1, 0.15) is 6.61 Å². The third kappa shape index (κ3) is 3.95. The molecule has 0 aliphatic carbocycles. The van der Waals surface area contributed by atoms with Crippen LogP contribution in [-0.2, 0) is 19.1 Å². The van der Waals surface area contributed by atoms with Gasteiger partial charge >= 0.3 is 5.97 Å². The summed E-state index contributed by atoms with van der Waals surface area (Å²) in [4.78, 5) is 22.7. The van der Waals surface area contributed by atoms with Crippen LogP contribution < -0.4 is 5.32 Å². The first-order valence-electron chi connectivity index (χ1n) is 5.49. The highest BCUT2D eigenvalue weighted by atomic mass is 19.2. The summed E-state index contributed by atoms with van der Waals surface area (Å²) >= 11 is 0. The first-order chi connectivity index (χ1) is 9.36. The number of nitrogens with one attached hydrogen (secondary N) is 1. The van der Waals surface area contributed by atoms with Gasteiger partial charge in [0.2, 0.25) is 0 Å². The van der Waals surface area contributed by atoms with Crippen LogP contribution in [0.2, 0.25) is 0 Å². The van der Waals surface area contributed by atoms with E-state index in [9.17, 15) is 22.8 Å². The molecule has 1 atom stereocenters. The number of ether oxygens (including phenoxy) is 2. The number of amides is 1. The van der Waals surface area contributed by atoms with Crippen LogP contribution in [0.5, 0.6) is 0 Å². The van der Waals surface area contributed by atoms with Crippen molar-refractivity contribution in [3.05, 3.63) is 29.6 Å². The standard InChI is InChI=1S/C12H12F3NO4/c1-6(20-9(17)5-19-2)12(18)16-8-4-3-7(13)10(14)11(8)15/h3-4,6H,5H2,1-2H3,(H,16,18)/t6-/m1/s1. The van der Waals surface area contributed by atoms with E-state index in [1.807, 2.05) is 5.32 Å². The zero-order chi connectivity index (χ0) is 15.3. The average molecular weight is 291 g/mol. The van der Waals surface area contributed by atoms with Crippen molar-refractivity contribution in [3.63, 3.8) is 0 Å². The van der Waals surface area contributed by atoms with Gasteiger partial charge in [-0.2, -0.15) is 0 Å². The van der Waals surface area contributed by atoms with Gasteiger partial charge in [0.25, 0.3) is 5.91 Å². The van der Waals surface area contributed by atoms with E-state index in [1.54, 1.807) is 0 Å². The Morgan fingerprint density at radius 1 is 1.25 bits per heavy atom. The SMILES string of the molecule is COCC(=O)O[C@H](C)C(=O)Nc1ccc(F)c(F)c1F. The summed E-state index contributed by atoms with van der Waals surface area (Å²) in [6, 6.07) is 1.52. The van der Waals surface area contributed by atoms with E-state index in [4.69, 9.17) is 0 Å². The van der Waals surface area contributed by atoms with E-state index in [0.717, 1.165) is 6.07 Å². The summed E-state index contributed by atoms with van der Waals surface area (Å²) in [5.74, 6) is -6.29. The third-order valence-corrected chi connectivity index (χ3v) is 2.23. The Balaban J connectivity index is 2.71. The summed E-state index contributed by atoms with van der Waals surface area (Å²) in [6.07, 6.45) is -1.25. The number of carbonyl (C=O) groups is 2. The number of halogens is 3. The Labute approximate surface area is 112 Å². The molecule has 0 spiro atoms. The van der Waals surface area contributed by atoms with Gasteiger partial charge in [-0.25, -0.2) is 18.0 Å². The minimum absolute atomic E-state index is 0.350.